The quantitative estimate of drug-likeness (QED) is 0.511. The Balaban J connectivity index is 2.54. The maximum Gasteiger partial charge on any atom is 0.266 e. The summed E-state index contributed by atoms with van der Waals surface area (Å²) in [6.45, 7) is 14.1. The molecule has 0 bridgehead atoms. The summed E-state index contributed by atoms with van der Waals surface area (Å²) >= 11 is 0. The van der Waals surface area contributed by atoms with Gasteiger partial charge >= 0.3 is 0 Å². The van der Waals surface area contributed by atoms with Crippen molar-refractivity contribution in [2.45, 2.75) is 59.3 Å². The number of aromatic hydroxyl groups is 1. The molecule has 0 fully saturated rings. The second-order valence-electron chi connectivity index (χ2n) is 9.40. The van der Waals surface area contributed by atoms with Gasteiger partial charge in [0.15, 0.2) is 0 Å². The summed E-state index contributed by atoms with van der Waals surface area (Å²) in [4.78, 5) is 12.7. The first-order valence-corrected chi connectivity index (χ1v) is 9.71. The first kappa shape index (κ1) is 22.2. The molecule has 2 aromatic rings. The predicted octanol–water partition coefficient (Wildman–Crippen LogP) is 5.84. The van der Waals surface area contributed by atoms with Crippen LogP contribution in [0.3, 0.4) is 0 Å². The first-order valence-electron chi connectivity index (χ1n) is 9.71. The smallest absolute Gasteiger partial charge is 0.266 e. The number of hydrogen-bond donors (Lipinski definition) is 2. The fourth-order valence-corrected chi connectivity index (χ4v) is 3.10. The summed E-state index contributed by atoms with van der Waals surface area (Å²) in [6.07, 6.45) is 1.58. The molecule has 152 valence electrons. The lowest BCUT2D eigenvalue weighted by Gasteiger charge is -2.28. The van der Waals surface area contributed by atoms with Crippen LogP contribution in [0.5, 0.6) is 5.75 Å². The molecule has 4 nitrogen and oxygen atoms in total. The van der Waals surface area contributed by atoms with Crippen molar-refractivity contribution in [2.24, 2.45) is 0 Å². The second kappa shape index (κ2) is 8.13. The van der Waals surface area contributed by atoms with Crippen molar-refractivity contribution in [3.63, 3.8) is 0 Å². The Kier molecular flexibility index (Phi) is 6.23. The van der Waals surface area contributed by atoms with Crippen LogP contribution in [0.2, 0.25) is 0 Å². The van der Waals surface area contributed by atoms with Gasteiger partial charge in [-0.3, -0.25) is 4.79 Å². The molecule has 0 unspecified atom stereocenters. The van der Waals surface area contributed by atoms with Crippen LogP contribution >= 0.6 is 0 Å². The molecule has 2 aromatic carbocycles. The molecule has 0 radical (unpaired) electrons. The molecule has 0 aromatic heterocycles. The number of phenols is 1. The molecule has 0 saturated carbocycles. The van der Waals surface area contributed by atoms with Gasteiger partial charge in [0.1, 0.15) is 17.4 Å². The summed E-state index contributed by atoms with van der Waals surface area (Å²) in [5.74, 6) is -0.186. The Labute approximate surface area is 173 Å². The van der Waals surface area contributed by atoms with Gasteiger partial charge in [0.05, 0.1) is 0 Å². The Bertz CT molecular complexity index is 962. The lowest BCUT2D eigenvalue weighted by molar-refractivity contribution is -0.112. The molecule has 0 aliphatic carbocycles. The van der Waals surface area contributed by atoms with E-state index >= 15 is 0 Å². The molecule has 1 amide bonds. The number of nitrogens with one attached hydrogen (secondary N) is 1. The average molecular weight is 391 g/mol. The Morgan fingerprint density at radius 3 is 2.00 bits per heavy atom. The van der Waals surface area contributed by atoms with Gasteiger partial charge < -0.3 is 10.4 Å². The largest absolute Gasteiger partial charge is 0.507 e. The van der Waals surface area contributed by atoms with Gasteiger partial charge in [-0.15, -0.1) is 0 Å². The highest BCUT2D eigenvalue weighted by Crippen LogP contribution is 2.40. The zero-order valence-corrected chi connectivity index (χ0v) is 18.3. The van der Waals surface area contributed by atoms with Crippen LogP contribution in [0.15, 0.2) is 42.0 Å². The number of amides is 1. The van der Waals surface area contributed by atoms with Gasteiger partial charge in [0.25, 0.3) is 5.91 Å². The topological polar surface area (TPSA) is 73.1 Å². The van der Waals surface area contributed by atoms with Gasteiger partial charge in [0, 0.05) is 16.8 Å². The molecule has 0 aliphatic rings. The fourth-order valence-electron chi connectivity index (χ4n) is 3.10. The molecule has 4 heteroatoms. The Morgan fingerprint density at radius 2 is 1.55 bits per heavy atom. The highest BCUT2D eigenvalue weighted by Gasteiger charge is 2.26. The van der Waals surface area contributed by atoms with Crippen molar-refractivity contribution in [2.75, 3.05) is 5.32 Å². The number of rotatable bonds is 3. The highest BCUT2D eigenvalue weighted by atomic mass is 16.3. The summed E-state index contributed by atoms with van der Waals surface area (Å²) in [6, 6.07) is 13.1. The van der Waals surface area contributed by atoms with Crippen molar-refractivity contribution in [3.8, 4) is 11.8 Å². The van der Waals surface area contributed by atoms with E-state index in [9.17, 15) is 15.2 Å². The minimum atomic E-state index is -0.454. The number of nitriles is 1. The molecule has 0 heterocycles. The molecule has 2 N–H and O–H groups in total. The van der Waals surface area contributed by atoms with Crippen LogP contribution in [-0.2, 0) is 15.6 Å². The minimum Gasteiger partial charge on any atom is -0.507 e. The van der Waals surface area contributed by atoms with Crippen LogP contribution in [-0.4, -0.2) is 11.0 Å². The second-order valence-corrected chi connectivity index (χ2v) is 9.40. The van der Waals surface area contributed by atoms with Crippen molar-refractivity contribution < 1.29 is 9.90 Å². The number of nitrogens with zero attached hydrogens (tertiary/aromatic N) is 1. The van der Waals surface area contributed by atoms with Gasteiger partial charge in [0.2, 0.25) is 0 Å². The van der Waals surface area contributed by atoms with Gasteiger partial charge in [-0.05, 0) is 53.2 Å². The highest BCUT2D eigenvalue weighted by molar-refractivity contribution is 6.10. The summed E-state index contributed by atoms with van der Waals surface area (Å²) < 4.78 is 0. The molecule has 0 aliphatic heterocycles. The van der Waals surface area contributed by atoms with Crippen LogP contribution in [0.1, 0.15) is 63.8 Å². The number of benzene rings is 2. The average Bonchev–Trinajstić information content (AvgIpc) is 2.60. The zero-order valence-electron chi connectivity index (χ0n) is 18.3. The molecule has 0 atom stereocenters. The van der Waals surface area contributed by atoms with E-state index in [1.807, 2.05) is 84.9 Å². The third kappa shape index (κ3) is 5.26. The zero-order chi connectivity index (χ0) is 22.0. The van der Waals surface area contributed by atoms with E-state index in [-0.39, 0.29) is 22.2 Å². The van der Waals surface area contributed by atoms with Crippen LogP contribution in [0.4, 0.5) is 5.69 Å². The standard InChI is InChI=1S/C25H30N2O2/c1-16-10-8-9-11-21(16)27-23(29)18(15-26)12-17-13-19(24(2,3)4)22(28)20(14-17)25(5,6)7/h8-14,28H,1-7H3,(H,27,29). The van der Waals surface area contributed by atoms with Gasteiger partial charge in [-0.2, -0.15) is 5.26 Å². The van der Waals surface area contributed by atoms with E-state index in [1.165, 1.54) is 0 Å². The van der Waals surface area contributed by atoms with Gasteiger partial charge in [-0.1, -0.05) is 59.7 Å². The first-order chi connectivity index (χ1) is 13.3. The number of aryl methyl sites for hydroxylation is 1. The van der Waals surface area contributed by atoms with E-state index in [0.717, 1.165) is 16.7 Å². The van der Waals surface area contributed by atoms with E-state index < -0.39 is 5.91 Å². The monoisotopic (exact) mass is 390 g/mol. The van der Waals surface area contributed by atoms with E-state index in [4.69, 9.17) is 0 Å². The van der Waals surface area contributed by atoms with Crippen LogP contribution in [0.25, 0.3) is 6.08 Å². The molecule has 29 heavy (non-hydrogen) atoms. The Morgan fingerprint density at radius 1 is 1.03 bits per heavy atom. The molecular weight excluding hydrogens is 360 g/mol. The van der Waals surface area contributed by atoms with E-state index in [2.05, 4.69) is 5.32 Å². The SMILES string of the molecule is Cc1ccccc1NC(=O)C(C#N)=Cc1cc(C(C)(C)C)c(O)c(C(C)(C)C)c1. The van der Waals surface area contributed by atoms with Crippen molar-refractivity contribution in [3.05, 3.63) is 64.2 Å². The van der Waals surface area contributed by atoms with Crippen LogP contribution < -0.4 is 5.32 Å². The Hall–Kier alpha value is -3.06. The number of carbonyl (C=O) groups excluding carboxylic acids is 1. The summed E-state index contributed by atoms with van der Waals surface area (Å²) in [5.41, 5.74) is 3.32. The summed E-state index contributed by atoms with van der Waals surface area (Å²) in [5, 5.41) is 23.2. The number of hydrogen-bond acceptors (Lipinski definition) is 3. The normalized spacial score (nSPS) is 12.4. The third-order valence-corrected chi connectivity index (χ3v) is 4.82. The molecule has 2 rings (SSSR count). The number of para-hydroxylation sites is 1. The minimum absolute atomic E-state index is 0.0126. The molecule has 0 saturated heterocycles. The van der Waals surface area contributed by atoms with Crippen molar-refractivity contribution in [1.29, 1.82) is 5.26 Å². The fraction of sp³-hybridized carbons (Fsp3) is 0.360. The van der Waals surface area contributed by atoms with E-state index in [1.54, 1.807) is 12.1 Å². The van der Waals surface area contributed by atoms with E-state index in [0.29, 0.717) is 11.3 Å². The summed E-state index contributed by atoms with van der Waals surface area (Å²) in [7, 11) is 0. The lowest BCUT2D eigenvalue weighted by atomic mass is 9.78. The molecule has 0 spiro atoms. The number of anilines is 1. The number of phenolic OH excluding ortho intramolecular Hbond substituents is 1. The maximum atomic E-state index is 12.7. The van der Waals surface area contributed by atoms with Crippen LogP contribution in [0, 0.1) is 18.3 Å². The third-order valence-electron chi connectivity index (χ3n) is 4.82. The molecular formula is C25H30N2O2. The number of carbonyl (C=O) groups is 1. The van der Waals surface area contributed by atoms with Crippen molar-refractivity contribution >= 4 is 17.7 Å². The lowest BCUT2D eigenvalue weighted by Crippen LogP contribution is -2.18. The maximum absolute atomic E-state index is 12.7. The van der Waals surface area contributed by atoms with Crippen molar-refractivity contribution in [1.82, 2.24) is 0 Å². The predicted molar refractivity (Wildman–Crippen MR) is 119 cm³/mol. The van der Waals surface area contributed by atoms with Gasteiger partial charge in [-0.25, -0.2) is 0 Å².